The standard InChI is InChI=1S/C6H6INOS/c1-3-5(6(7)9)8-4(2)10-3/h1-2H3. The molecule has 10 heavy (non-hydrogen) atoms. The highest BCUT2D eigenvalue weighted by Crippen LogP contribution is 2.18. The van der Waals surface area contributed by atoms with Crippen molar-refractivity contribution in [3.63, 3.8) is 0 Å². The SMILES string of the molecule is Cc1nc(C(=O)I)c(C)s1. The van der Waals surface area contributed by atoms with Crippen molar-refractivity contribution in [1.82, 2.24) is 4.98 Å². The van der Waals surface area contributed by atoms with Gasteiger partial charge in [-0.2, -0.15) is 0 Å². The predicted molar refractivity (Wildman–Crippen MR) is 49.9 cm³/mol. The molecule has 0 fully saturated rings. The lowest BCUT2D eigenvalue weighted by atomic mass is 10.4. The number of aryl methyl sites for hydroxylation is 2. The number of aromatic nitrogens is 1. The second kappa shape index (κ2) is 2.96. The van der Waals surface area contributed by atoms with Crippen molar-refractivity contribution in [2.24, 2.45) is 0 Å². The number of hydrogen-bond donors (Lipinski definition) is 0. The topological polar surface area (TPSA) is 30.0 Å². The number of nitrogens with zero attached hydrogens (tertiary/aromatic N) is 1. The molecule has 2 nitrogen and oxygen atoms in total. The number of thiazole rings is 1. The van der Waals surface area contributed by atoms with Gasteiger partial charge in [-0.3, -0.25) is 4.79 Å². The summed E-state index contributed by atoms with van der Waals surface area (Å²) in [6.07, 6.45) is 0. The number of halogens is 1. The Hall–Kier alpha value is 0.0300. The number of hydrogen-bond acceptors (Lipinski definition) is 3. The molecule has 0 radical (unpaired) electrons. The van der Waals surface area contributed by atoms with Crippen LogP contribution in [0.15, 0.2) is 0 Å². The predicted octanol–water partition coefficient (Wildman–Crippen LogP) is 2.34. The van der Waals surface area contributed by atoms with Gasteiger partial charge in [-0.1, -0.05) is 0 Å². The lowest BCUT2D eigenvalue weighted by Crippen LogP contribution is -1.89. The molecule has 1 rings (SSSR count). The summed E-state index contributed by atoms with van der Waals surface area (Å²) < 4.78 is 0.0273. The number of rotatable bonds is 1. The summed E-state index contributed by atoms with van der Waals surface area (Å²) in [6.45, 7) is 3.82. The van der Waals surface area contributed by atoms with Crippen LogP contribution in [0.3, 0.4) is 0 Å². The Morgan fingerprint density at radius 1 is 1.60 bits per heavy atom. The van der Waals surface area contributed by atoms with Gasteiger partial charge in [0.2, 0.25) is 3.79 Å². The highest BCUT2D eigenvalue weighted by atomic mass is 127. The summed E-state index contributed by atoms with van der Waals surface area (Å²) in [7, 11) is 0. The summed E-state index contributed by atoms with van der Waals surface area (Å²) in [4.78, 5) is 15.9. The first-order valence-corrected chi connectivity index (χ1v) is 4.64. The van der Waals surface area contributed by atoms with E-state index in [1.807, 2.05) is 13.8 Å². The van der Waals surface area contributed by atoms with E-state index in [4.69, 9.17) is 0 Å². The van der Waals surface area contributed by atoms with E-state index in [0.29, 0.717) is 5.69 Å². The van der Waals surface area contributed by atoms with E-state index in [0.717, 1.165) is 9.88 Å². The van der Waals surface area contributed by atoms with E-state index in [1.54, 1.807) is 33.9 Å². The summed E-state index contributed by atoms with van der Waals surface area (Å²) in [6, 6.07) is 0. The van der Waals surface area contributed by atoms with E-state index in [1.165, 1.54) is 0 Å². The number of carbonyl (C=O) groups excluding carboxylic acids is 1. The van der Waals surface area contributed by atoms with Crippen LogP contribution in [0.2, 0.25) is 0 Å². The first-order valence-electron chi connectivity index (χ1n) is 2.75. The molecule has 0 bridgehead atoms. The molecule has 0 aliphatic heterocycles. The highest BCUT2D eigenvalue weighted by Gasteiger charge is 2.09. The molecule has 0 saturated heterocycles. The Labute approximate surface area is 76.8 Å². The minimum absolute atomic E-state index is 0.0273. The monoisotopic (exact) mass is 267 g/mol. The van der Waals surface area contributed by atoms with Crippen molar-refractivity contribution < 1.29 is 4.79 Å². The van der Waals surface area contributed by atoms with Crippen molar-refractivity contribution >= 4 is 37.7 Å². The summed E-state index contributed by atoms with van der Waals surface area (Å²) in [5, 5.41) is 0.956. The molecule has 1 heterocycles. The summed E-state index contributed by atoms with van der Waals surface area (Å²) >= 11 is 3.31. The molecule has 1 aromatic rings. The Kier molecular flexibility index (Phi) is 2.40. The zero-order chi connectivity index (χ0) is 7.72. The van der Waals surface area contributed by atoms with Gasteiger partial charge in [0, 0.05) is 27.5 Å². The molecule has 4 heteroatoms. The average Bonchev–Trinajstić information content (AvgIpc) is 2.10. The fraction of sp³-hybridized carbons (Fsp3) is 0.333. The molecule has 0 aliphatic rings. The van der Waals surface area contributed by atoms with Crippen LogP contribution in [0.4, 0.5) is 0 Å². The third kappa shape index (κ3) is 1.54. The lowest BCUT2D eigenvalue weighted by Gasteiger charge is -1.84. The fourth-order valence-electron chi connectivity index (χ4n) is 0.711. The van der Waals surface area contributed by atoms with E-state index in [9.17, 15) is 4.79 Å². The van der Waals surface area contributed by atoms with Gasteiger partial charge in [-0.25, -0.2) is 4.98 Å². The number of carbonyl (C=O) groups is 1. The normalized spacial score (nSPS) is 9.90. The zero-order valence-corrected chi connectivity index (χ0v) is 8.62. The Bertz CT molecular complexity index is 269. The summed E-state index contributed by atoms with van der Waals surface area (Å²) in [5.74, 6) is 0. The second-order valence-electron chi connectivity index (χ2n) is 1.91. The van der Waals surface area contributed by atoms with Crippen LogP contribution >= 0.6 is 33.9 Å². The van der Waals surface area contributed by atoms with Gasteiger partial charge < -0.3 is 0 Å². The van der Waals surface area contributed by atoms with E-state index < -0.39 is 0 Å². The molecule has 0 aromatic carbocycles. The van der Waals surface area contributed by atoms with E-state index >= 15 is 0 Å². The van der Waals surface area contributed by atoms with Crippen LogP contribution in [0.5, 0.6) is 0 Å². The van der Waals surface area contributed by atoms with Gasteiger partial charge in [-0.15, -0.1) is 11.3 Å². The van der Waals surface area contributed by atoms with Crippen molar-refractivity contribution in [2.45, 2.75) is 13.8 Å². The quantitative estimate of drug-likeness (QED) is 0.577. The van der Waals surface area contributed by atoms with E-state index in [2.05, 4.69) is 4.98 Å². The molecule has 1 aromatic heterocycles. The van der Waals surface area contributed by atoms with Gasteiger partial charge in [0.15, 0.2) is 0 Å². The van der Waals surface area contributed by atoms with E-state index in [-0.39, 0.29) is 3.79 Å². The minimum atomic E-state index is 0.0273. The van der Waals surface area contributed by atoms with Crippen LogP contribution < -0.4 is 0 Å². The van der Waals surface area contributed by atoms with Gasteiger partial charge >= 0.3 is 0 Å². The van der Waals surface area contributed by atoms with Crippen molar-refractivity contribution in [2.75, 3.05) is 0 Å². The van der Waals surface area contributed by atoms with Crippen LogP contribution in [-0.4, -0.2) is 8.77 Å². The van der Waals surface area contributed by atoms with Crippen LogP contribution in [0.1, 0.15) is 20.4 Å². The second-order valence-corrected chi connectivity index (χ2v) is 4.30. The molecular weight excluding hydrogens is 261 g/mol. The Morgan fingerprint density at radius 2 is 2.20 bits per heavy atom. The largest absolute Gasteiger partial charge is 0.280 e. The first-order chi connectivity index (χ1) is 4.61. The first kappa shape index (κ1) is 8.13. The van der Waals surface area contributed by atoms with Gasteiger partial charge in [0.25, 0.3) is 0 Å². The van der Waals surface area contributed by atoms with Crippen molar-refractivity contribution in [3.8, 4) is 0 Å². The average molecular weight is 267 g/mol. The Morgan fingerprint density at radius 3 is 2.40 bits per heavy atom. The smallest absolute Gasteiger partial charge is 0.241 e. The van der Waals surface area contributed by atoms with Crippen LogP contribution in [0.25, 0.3) is 0 Å². The molecule has 0 amide bonds. The zero-order valence-electron chi connectivity index (χ0n) is 5.64. The molecule has 0 unspecified atom stereocenters. The molecule has 0 aliphatic carbocycles. The van der Waals surface area contributed by atoms with Crippen molar-refractivity contribution in [3.05, 3.63) is 15.6 Å². The third-order valence-electron chi connectivity index (χ3n) is 1.09. The van der Waals surface area contributed by atoms with Crippen LogP contribution in [-0.2, 0) is 0 Å². The molecule has 0 saturated carbocycles. The molecule has 54 valence electrons. The van der Waals surface area contributed by atoms with Crippen LogP contribution in [0, 0.1) is 13.8 Å². The molecule has 0 spiro atoms. The third-order valence-corrected chi connectivity index (χ3v) is 2.49. The Balaban J connectivity index is 3.15. The molecule has 0 N–H and O–H groups in total. The van der Waals surface area contributed by atoms with Gasteiger partial charge in [0.05, 0.1) is 5.01 Å². The maximum atomic E-state index is 10.8. The maximum absolute atomic E-state index is 10.8. The fourth-order valence-corrected chi connectivity index (χ4v) is 2.23. The van der Waals surface area contributed by atoms with Gasteiger partial charge in [-0.05, 0) is 13.8 Å². The highest BCUT2D eigenvalue weighted by molar-refractivity contribution is 14.1. The maximum Gasteiger partial charge on any atom is 0.241 e. The molecule has 0 atom stereocenters. The van der Waals surface area contributed by atoms with Gasteiger partial charge in [0.1, 0.15) is 5.69 Å². The minimum Gasteiger partial charge on any atom is -0.280 e. The van der Waals surface area contributed by atoms with Crippen molar-refractivity contribution in [1.29, 1.82) is 0 Å². The summed E-state index contributed by atoms with van der Waals surface area (Å²) in [5.41, 5.74) is 0.614. The lowest BCUT2D eigenvalue weighted by molar-refractivity contribution is 0.110. The molecular formula is C6H6INOS.